The van der Waals surface area contributed by atoms with Gasteiger partial charge in [-0.3, -0.25) is 14.9 Å². The Kier molecular flexibility index (Phi) is 4.30. The highest BCUT2D eigenvalue weighted by Gasteiger charge is 2.34. The fourth-order valence-electron chi connectivity index (χ4n) is 2.40. The van der Waals surface area contributed by atoms with E-state index in [2.05, 4.69) is 10.1 Å². The van der Waals surface area contributed by atoms with Crippen LogP contribution >= 0.6 is 11.6 Å². The van der Waals surface area contributed by atoms with Gasteiger partial charge in [0.2, 0.25) is 5.89 Å². The maximum atomic E-state index is 12.0. The van der Waals surface area contributed by atoms with Crippen molar-refractivity contribution in [1.82, 2.24) is 14.8 Å². The van der Waals surface area contributed by atoms with Crippen molar-refractivity contribution >= 4 is 34.2 Å². The van der Waals surface area contributed by atoms with Gasteiger partial charge < -0.3 is 14.5 Å². The average Bonchev–Trinajstić information content (AvgIpc) is 3.04. The second kappa shape index (κ2) is 6.46. The molecule has 136 valence electrons. The van der Waals surface area contributed by atoms with E-state index in [0.29, 0.717) is 4.68 Å². The van der Waals surface area contributed by atoms with Gasteiger partial charge in [-0.2, -0.15) is 5.26 Å². The number of aryl methyl sites for hydroxylation is 1. The van der Waals surface area contributed by atoms with E-state index in [9.17, 15) is 30.3 Å². The zero-order valence-corrected chi connectivity index (χ0v) is 14.1. The monoisotopic (exact) mass is 390 g/mol. The number of nitro benzene ring substituents is 1. The fraction of sp³-hybridized carbons (Fsp3) is 0.143. The molecule has 0 bridgehead atoms. The lowest BCUT2D eigenvalue weighted by Gasteiger charge is -2.08. The predicted octanol–water partition coefficient (Wildman–Crippen LogP) is 2.05. The molecule has 0 spiro atoms. The lowest BCUT2D eigenvalue weighted by molar-refractivity contribution is -0.391. The Labute approximate surface area is 153 Å². The van der Waals surface area contributed by atoms with Crippen LogP contribution < -0.4 is 5.56 Å². The lowest BCUT2D eigenvalue weighted by atomic mass is 10.0. The number of nitro groups is 2. The summed E-state index contributed by atoms with van der Waals surface area (Å²) in [4.78, 5) is 36.6. The molecule has 0 aliphatic heterocycles. The molecule has 2 heterocycles. The normalized spacial score (nSPS) is 11.9. The number of benzene rings is 1. The molecular formula is C14H7ClN6O6. The number of aromatic nitrogens is 3. The first-order valence-electron chi connectivity index (χ1n) is 7.10. The minimum atomic E-state index is -1.52. The van der Waals surface area contributed by atoms with Crippen LogP contribution in [0.1, 0.15) is 17.4 Å². The van der Waals surface area contributed by atoms with Crippen molar-refractivity contribution in [3.05, 3.63) is 65.3 Å². The molecule has 27 heavy (non-hydrogen) atoms. The van der Waals surface area contributed by atoms with E-state index in [1.54, 1.807) is 6.07 Å². The van der Waals surface area contributed by atoms with E-state index in [-0.39, 0.29) is 22.7 Å². The highest BCUT2D eigenvalue weighted by atomic mass is 35.5. The number of hydrogen-bond donors (Lipinski definition) is 0. The Morgan fingerprint density at radius 3 is 2.63 bits per heavy atom. The second-order valence-corrected chi connectivity index (χ2v) is 5.64. The molecule has 2 aromatic heterocycles. The lowest BCUT2D eigenvalue weighted by Crippen LogP contribution is -2.24. The summed E-state index contributed by atoms with van der Waals surface area (Å²) >= 11 is 5.95. The van der Waals surface area contributed by atoms with Crippen LogP contribution in [0.4, 0.5) is 11.5 Å². The van der Waals surface area contributed by atoms with Gasteiger partial charge in [0.25, 0.3) is 5.69 Å². The van der Waals surface area contributed by atoms with Crippen LogP contribution in [0.15, 0.2) is 27.4 Å². The minimum Gasteiger partial charge on any atom is -0.439 e. The number of rotatable bonds is 4. The first-order chi connectivity index (χ1) is 12.7. The van der Waals surface area contributed by atoms with Crippen molar-refractivity contribution in [3.8, 4) is 6.07 Å². The van der Waals surface area contributed by atoms with E-state index in [1.807, 2.05) is 0 Å². The maximum absolute atomic E-state index is 12.0. The number of non-ortho nitro benzene ring substituents is 1. The number of hydrogen-bond acceptors (Lipinski definition) is 9. The molecule has 1 atom stereocenters. The molecule has 0 saturated heterocycles. The van der Waals surface area contributed by atoms with Crippen molar-refractivity contribution in [2.24, 2.45) is 7.05 Å². The van der Waals surface area contributed by atoms with Crippen LogP contribution in [0, 0.1) is 31.6 Å². The Morgan fingerprint density at radius 1 is 1.33 bits per heavy atom. The number of nitrogens with zero attached hydrogens (tertiary/aromatic N) is 6. The first-order valence-corrected chi connectivity index (χ1v) is 7.48. The van der Waals surface area contributed by atoms with Gasteiger partial charge >= 0.3 is 11.4 Å². The second-order valence-electron chi connectivity index (χ2n) is 5.26. The molecular weight excluding hydrogens is 384 g/mol. The van der Waals surface area contributed by atoms with E-state index in [4.69, 9.17) is 16.0 Å². The Balaban J connectivity index is 2.25. The highest BCUT2D eigenvalue weighted by molar-refractivity contribution is 6.31. The Bertz CT molecular complexity index is 1210. The zero-order valence-electron chi connectivity index (χ0n) is 13.3. The van der Waals surface area contributed by atoms with Gasteiger partial charge in [0.05, 0.1) is 23.1 Å². The van der Waals surface area contributed by atoms with Gasteiger partial charge in [-0.05, 0) is 11.0 Å². The molecule has 13 heteroatoms. The SMILES string of the molecule is Cn1nc([N+](=O)[O-])c([C@H](C#N)c2nc3cc([N+](=O)[O-])ccc3o2)c(Cl)c1=O. The van der Waals surface area contributed by atoms with Crippen LogP contribution in [-0.2, 0) is 7.05 Å². The highest BCUT2D eigenvalue weighted by Crippen LogP contribution is 2.35. The van der Waals surface area contributed by atoms with Crippen molar-refractivity contribution in [2.75, 3.05) is 0 Å². The van der Waals surface area contributed by atoms with Crippen LogP contribution in [0.2, 0.25) is 5.02 Å². The minimum absolute atomic E-state index is 0.0648. The molecule has 0 radical (unpaired) electrons. The predicted molar refractivity (Wildman–Crippen MR) is 89.3 cm³/mol. The number of nitriles is 1. The molecule has 3 rings (SSSR count). The summed E-state index contributed by atoms with van der Waals surface area (Å²) < 4.78 is 6.07. The standard InChI is InChI=1S/C14H7ClN6O6/c1-19-14(22)11(15)10(12(18-19)21(25)26)7(5-16)13-17-8-4-6(20(23)24)2-3-9(8)27-13/h2-4,7H,1H3/t7-/m0/s1. The van der Waals surface area contributed by atoms with E-state index >= 15 is 0 Å². The van der Waals surface area contributed by atoms with Gasteiger partial charge in [-0.25, -0.2) is 4.98 Å². The third-order valence-corrected chi connectivity index (χ3v) is 4.01. The van der Waals surface area contributed by atoms with Crippen molar-refractivity contribution in [3.63, 3.8) is 0 Å². The Hall–Kier alpha value is -3.85. The van der Waals surface area contributed by atoms with Crippen molar-refractivity contribution in [2.45, 2.75) is 5.92 Å². The zero-order chi connectivity index (χ0) is 19.9. The van der Waals surface area contributed by atoms with Crippen molar-refractivity contribution in [1.29, 1.82) is 5.26 Å². The summed E-state index contributed by atoms with van der Waals surface area (Å²) in [6, 6.07) is 5.32. The van der Waals surface area contributed by atoms with Gasteiger partial charge in [0, 0.05) is 12.1 Å². The van der Waals surface area contributed by atoms with Crippen LogP contribution in [0.3, 0.4) is 0 Å². The van der Waals surface area contributed by atoms with Gasteiger partial charge in [0.1, 0.15) is 16.1 Å². The summed E-state index contributed by atoms with van der Waals surface area (Å²) in [5.41, 5.74) is -1.38. The summed E-state index contributed by atoms with van der Waals surface area (Å²) in [5.74, 6) is -2.64. The molecule has 12 nitrogen and oxygen atoms in total. The van der Waals surface area contributed by atoms with Crippen molar-refractivity contribution < 1.29 is 14.3 Å². The van der Waals surface area contributed by atoms with Gasteiger partial charge in [-0.15, -0.1) is 4.68 Å². The topological polar surface area (TPSA) is 171 Å². The van der Waals surface area contributed by atoms with Gasteiger partial charge in [-0.1, -0.05) is 11.6 Å². The molecule has 1 aromatic carbocycles. The first kappa shape index (κ1) is 18.0. The van der Waals surface area contributed by atoms with Crippen LogP contribution in [0.5, 0.6) is 0 Å². The largest absolute Gasteiger partial charge is 0.439 e. The third kappa shape index (κ3) is 2.96. The quantitative estimate of drug-likeness (QED) is 0.477. The smallest absolute Gasteiger partial charge is 0.395 e. The molecule has 0 amide bonds. The molecule has 0 saturated carbocycles. The molecule has 0 N–H and O–H groups in total. The molecule has 0 aliphatic carbocycles. The average molecular weight is 391 g/mol. The molecule has 0 aliphatic rings. The Morgan fingerprint density at radius 2 is 2.04 bits per heavy atom. The fourth-order valence-corrected chi connectivity index (χ4v) is 2.72. The van der Waals surface area contributed by atoms with E-state index < -0.39 is 37.7 Å². The third-order valence-electron chi connectivity index (χ3n) is 3.64. The number of halogens is 1. The molecule has 3 aromatic rings. The maximum Gasteiger partial charge on any atom is 0.395 e. The summed E-state index contributed by atoms with van der Waals surface area (Å²) in [7, 11) is 1.17. The number of fused-ring (bicyclic) bond motifs is 1. The molecule has 0 unspecified atom stereocenters. The number of oxazole rings is 1. The summed E-state index contributed by atoms with van der Waals surface area (Å²) in [5, 5.41) is 34.6. The summed E-state index contributed by atoms with van der Waals surface area (Å²) in [6.45, 7) is 0. The van der Waals surface area contributed by atoms with Crippen LogP contribution in [0.25, 0.3) is 11.1 Å². The van der Waals surface area contributed by atoms with Gasteiger partial charge in [0.15, 0.2) is 11.5 Å². The van der Waals surface area contributed by atoms with E-state index in [1.165, 1.54) is 19.2 Å². The van der Waals surface area contributed by atoms with E-state index in [0.717, 1.165) is 6.07 Å². The summed E-state index contributed by atoms with van der Waals surface area (Å²) in [6.07, 6.45) is 0. The van der Waals surface area contributed by atoms with Crippen LogP contribution in [-0.4, -0.2) is 24.6 Å². The molecule has 0 fully saturated rings.